The van der Waals surface area contributed by atoms with Crippen LogP contribution in [0.3, 0.4) is 0 Å². The van der Waals surface area contributed by atoms with Crippen molar-refractivity contribution >= 4 is 11.3 Å². The molecule has 1 atom stereocenters. The van der Waals surface area contributed by atoms with Gasteiger partial charge in [-0.15, -0.1) is 0 Å². The molecule has 1 heterocycles. The highest BCUT2D eigenvalue weighted by molar-refractivity contribution is 7.07. The molecule has 0 saturated heterocycles. The lowest BCUT2D eigenvalue weighted by atomic mass is 9.99. The van der Waals surface area contributed by atoms with E-state index in [1.807, 2.05) is 0 Å². The lowest BCUT2D eigenvalue weighted by Gasteiger charge is -2.18. The van der Waals surface area contributed by atoms with E-state index in [1.54, 1.807) is 11.3 Å². The van der Waals surface area contributed by atoms with Gasteiger partial charge in [-0.3, -0.25) is 0 Å². The molecule has 0 aliphatic heterocycles. The third-order valence-corrected chi connectivity index (χ3v) is 4.06. The van der Waals surface area contributed by atoms with Crippen molar-refractivity contribution < 1.29 is 4.74 Å². The Hall–Kier alpha value is -0.420. The Morgan fingerprint density at radius 2 is 2.11 bits per heavy atom. The minimum atomic E-state index is 0.449. The first-order valence-electron chi connectivity index (χ1n) is 6.84. The number of nitrogens with zero attached hydrogens (tertiary/aromatic N) is 1. The average molecular weight is 270 g/mol. The van der Waals surface area contributed by atoms with Gasteiger partial charge in [-0.05, 0) is 54.4 Å². The van der Waals surface area contributed by atoms with Crippen LogP contribution in [-0.2, 0) is 4.74 Å². The number of hydrogen-bond acceptors (Lipinski definition) is 4. The van der Waals surface area contributed by atoms with Gasteiger partial charge in [-0.1, -0.05) is 13.8 Å². The number of ether oxygens (including phenoxy) is 1. The SMILES string of the molecule is CCN(CC)CCOCCC(CN)c1ccsc1. The molecule has 0 bridgehead atoms. The van der Waals surface area contributed by atoms with E-state index < -0.39 is 0 Å². The van der Waals surface area contributed by atoms with Crippen molar-refractivity contribution in [1.29, 1.82) is 0 Å². The molecule has 1 rings (SSSR count). The second kappa shape index (κ2) is 9.50. The van der Waals surface area contributed by atoms with Gasteiger partial charge in [0.05, 0.1) is 6.61 Å². The van der Waals surface area contributed by atoms with Gasteiger partial charge in [-0.25, -0.2) is 0 Å². The molecule has 0 spiro atoms. The molecule has 0 aliphatic rings. The van der Waals surface area contributed by atoms with Crippen molar-refractivity contribution in [2.24, 2.45) is 5.73 Å². The molecule has 1 aromatic rings. The van der Waals surface area contributed by atoms with Crippen molar-refractivity contribution in [3.63, 3.8) is 0 Å². The zero-order chi connectivity index (χ0) is 13.2. The van der Waals surface area contributed by atoms with Crippen LogP contribution in [0.4, 0.5) is 0 Å². The van der Waals surface area contributed by atoms with Gasteiger partial charge < -0.3 is 15.4 Å². The highest BCUT2D eigenvalue weighted by atomic mass is 32.1. The van der Waals surface area contributed by atoms with Gasteiger partial charge in [0.2, 0.25) is 0 Å². The topological polar surface area (TPSA) is 38.5 Å². The van der Waals surface area contributed by atoms with Crippen molar-refractivity contribution in [2.45, 2.75) is 26.2 Å². The molecule has 4 heteroatoms. The molecule has 0 amide bonds. The Morgan fingerprint density at radius 3 is 2.67 bits per heavy atom. The molecular formula is C14H26N2OS. The van der Waals surface area contributed by atoms with Crippen LogP contribution in [0.2, 0.25) is 0 Å². The lowest BCUT2D eigenvalue weighted by Crippen LogP contribution is -2.27. The number of hydrogen-bond donors (Lipinski definition) is 1. The van der Waals surface area contributed by atoms with Crippen molar-refractivity contribution in [3.05, 3.63) is 22.4 Å². The van der Waals surface area contributed by atoms with Crippen molar-refractivity contribution in [2.75, 3.05) is 39.4 Å². The van der Waals surface area contributed by atoms with Crippen LogP contribution in [0, 0.1) is 0 Å². The molecule has 0 saturated carbocycles. The van der Waals surface area contributed by atoms with Crippen LogP contribution < -0.4 is 5.73 Å². The predicted octanol–water partition coefficient (Wildman–Crippen LogP) is 2.54. The third kappa shape index (κ3) is 5.48. The van der Waals surface area contributed by atoms with Gasteiger partial charge in [0.25, 0.3) is 0 Å². The first-order valence-corrected chi connectivity index (χ1v) is 7.78. The summed E-state index contributed by atoms with van der Waals surface area (Å²) in [6, 6.07) is 2.16. The standard InChI is InChI=1S/C14H26N2OS/c1-3-16(4-2)7-9-17-8-5-13(11-15)14-6-10-18-12-14/h6,10,12-13H,3-5,7-9,11,15H2,1-2H3. The molecule has 2 N–H and O–H groups in total. The highest BCUT2D eigenvalue weighted by Crippen LogP contribution is 2.20. The molecule has 1 aromatic heterocycles. The second-order valence-electron chi connectivity index (χ2n) is 4.42. The Balaban J connectivity index is 2.13. The minimum Gasteiger partial charge on any atom is -0.380 e. The summed E-state index contributed by atoms with van der Waals surface area (Å²) >= 11 is 1.73. The maximum Gasteiger partial charge on any atom is 0.0593 e. The van der Waals surface area contributed by atoms with Gasteiger partial charge >= 0.3 is 0 Å². The quantitative estimate of drug-likeness (QED) is 0.664. The lowest BCUT2D eigenvalue weighted by molar-refractivity contribution is 0.102. The zero-order valence-electron chi connectivity index (χ0n) is 11.6. The van der Waals surface area contributed by atoms with E-state index >= 15 is 0 Å². The molecule has 1 unspecified atom stereocenters. The van der Waals surface area contributed by atoms with E-state index in [4.69, 9.17) is 10.5 Å². The molecular weight excluding hydrogens is 244 g/mol. The molecule has 0 aliphatic carbocycles. The largest absolute Gasteiger partial charge is 0.380 e. The average Bonchev–Trinajstić information content (AvgIpc) is 2.92. The van der Waals surface area contributed by atoms with E-state index in [0.717, 1.165) is 39.3 Å². The van der Waals surface area contributed by atoms with E-state index in [1.165, 1.54) is 5.56 Å². The smallest absolute Gasteiger partial charge is 0.0593 e. The van der Waals surface area contributed by atoms with Crippen LogP contribution >= 0.6 is 11.3 Å². The summed E-state index contributed by atoms with van der Waals surface area (Å²) in [5, 5.41) is 4.30. The predicted molar refractivity (Wildman–Crippen MR) is 79.3 cm³/mol. The Labute approximate surface area is 115 Å². The summed E-state index contributed by atoms with van der Waals surface area (Å²) in [7, 11) is 0. The van der Waals surface area contributed by atoms with Crippen molar-refractivity contribution in [3.8, 4) is 0 Å². The summed E-state index contributed by atoms with van der Waals surface area (Å²) in [5.74, 6) is 0.449. The van der Waals surface area contributed by atoms with Crippen LogP contribution in [0.15, 0.2) is 16.8 Å². The highest BCUT2D eigenvalue weighted by Gasteiger charge is 2.09. The number of thiophene rings is 1. The molecule has 0 aromatic carbocycles. The maximum absolute atomic E-state index is 5.81. The zero-order valence-corrected chi connectivity index (χ0v) is 12.4. The fraction of sp³-hybridized carbons (Fsp3) is 0.714. The Bertz CT molecular complexity index is 286. The van der Waals surface area contributed by atoms with Crippen molar-refractivity contribution in [1.82, 2.24) is 4.90 Å². The monoisotopic (exact) mass is 270 g/mol. The fourth-order valence-electron chi connectivity index (χ4n) is 1.99. The molecule has 104 valence electrons. The number of likely N-dealkylation sites (N-methyl/N-ethyl adjacent to an activating group) is 1. The van der Waals surface area contributed by atoms with Gasteiger partial charge in [0.1, 0.15) is 0 Å². The maximum atomic E-state index is 5.81. The van der Waals surface area contributed by atoms with Crippen LogP contribution in [0.25, 0.3) is 0 Å². The second-order valence-corrected chi connectivity index (χ2v) is 5.20. The summed E-state index contributed by atoms with van der Waals surface area (Å²) in [6.07, 6.45) is 1.02. The van der Waals surface area contributed by atoms with Gasteiger partial charge in [0, 0.05) is 13.2 Å². The summed E-state index contributed by atoms with van der Waals surface area (Å²) < 4.78 is 5.70. The first-order chi connectivity index (χ1) is 8.81. The Kier molecular flexibility index (Phi) is 8.25. The van der Waals surface area contributed by atoms with Gasteiger partial charge in [-0.2, -0.15) is 11.3 Å². The summed E-state index contributed by atoms with van der Waals surface area (Å²) in [6.45, 7) is 9.92. The summed E-state index contributed by atoms with van der Waals surface area (Å²) in [4.78, 5) is 2.37. The molecule has 18 heavy (non-hydrogen) atoms. The molecule has 3 nitrogen and oxygen atoms in total. The van der Waals surface area contributed by atoms with Crippen LogP contribution in [0.5, 0.6) is 0 Å². The van der Waals surface area contributed by atoms with Crippen LogP contribution in [-0.4, -0.2) is 44.3 Å². The normalized spacial score (nSPS) is 13.1. The Morgan fingerprint density at radius 1 is 1.33 bits per heavy atom. The van der Waals surface area contributed by atoms with Crippen LogP contribution in [0.1, 0.15) is 31.7 Å². The van der Waals surface area contributed by atoms with Gasteiger partial charge in [0.15, 0.2) is 0 Å². The number of rotatable bonds is 10. The summed E-state index contributed by atoms with van der Waals surface area (Å²) in [5.41, 5.74) is 7.17. The minimum absolute atomic E-state index is 0.449. The van der Waals surface area contributed by atoms with E-state index in [0.29, 0.717) is 12.5 Å². The number of nitrogens with two attached hydrogens (primary N) is 1. The first kappa shape index (κ1) is 15.6. The van der Waals surface area contributed by atoms with E-state index in [-0.39, 0.29) is 0 Å². The third-order valence-electron chi connectivity index (χ3n) is 3.36. The van der Waals surface area contributed by atoms with E-state index in [2.05, 4.69) is 35.6 Å². The molecule has 0 radical (unpaired) electrons. The van der Waals surface area contributed by atoms with E-state index in [9.17, 15) is 0 Å². The molecule has 0 fully saturated rings. The fourth-order valence-corrected chi connectivity index (χ4v) is 2.73.